The fraction of sp³-hybridized carbons (Fsp3) is 0.625. The average Bonchev–Trinajstić information content (AvgIpc) is 3.31. The fourth-order valence-corrected chi connectivity index (χ4v) is 6.92. The number of thiazole rings is 1. The molecular weight excluding hydrogens is 344 g/mol. The summed E-state index contributed by atoms with van der Waals surface area (Å²) in [5, 5.41) is 2.76. The molecule has 3 heterocycles. The van der Waals surface area contributed by atoms with Crippen molar-refractivity contribution in [1.29, 1.82) is 0 Å². The third-order valence-corrected chi connectivity index (χ3v) is 8.06. The van der Waals surface area contributed by atoms with E-state index in [4.69, 9.17) is 0 Å². The Hall–Kier alpha value is -1.41. The van der Waals surface area contributed by atoms with Gasteiger partial charge in [0.1, 0.15) is 5.82 Å². The number of aromatic nitrogens is 3. The summed E-state index contributed by atoms with van der Waals surface area (Å²) in [5.41, 5.74) is 1.07. The number of nitrogens with one attached hydrogen (secondary N) is 1. The Bertz CT molecular complexity index is 886. The van der Waals surface area contributed by atoms with Gasteiger partial charge in [0.25, 0.3) is 10.0 Å². The minimum Gasteiger partial charge on any atom is -0.318 e. The second-order valence-electron chi connectivity index (χ2n) is 7.23. The summed E-state index contributed by atoms with van der Waals surface area (Å²) in [7, 11) is -3.62. The Balaban J connectivity index is 1.38. The standard InChI is InChI=1S/C16H20N4O2S2/c21-24(22,15-8-17-14-2-1-5-20(14)15)19-16-18-13(9-23-16)12-7-10-3-4-11(12)6-10/h8-12H,1-7H2,(H,18,19). The molecule has 0 spiro atoms. The van der Waals surface area contributed by atoms with Crippen LogP contribution < -0.4 is 4.72 Å². The van der Waals surface area contributed by atoms with E-state index in [1.165, 1.54) is 43.2 Å². The van der Waals surface area contributed by atoms with Gasteiger partial charge in [-0.1, -0.05) is 6.42 Å². The van der Waals surface area contributed by atoms with Crippen LogP contribution >= 0.6 is 11.3 Å². The zero-order chi connectivity index (χ0) is 16.3. The first-order valence-corrected chi connectivity index (χ1v) is 11.0. The molecule has 24 heavy (non-hydrogen) atoms. The van der Waals surface area contributed by atoms with E-state index in [1.807, 2.05) is 5.38 Å². The predicted molar refractivity (Wildman–Crippen MR) is 91.7 cm³/mol. The predicted octanol–water partition coefficient (Wildman–Crippen LogP) is 2.99. The molecule has 2 aromatic rings. The molecule has 2 aromatic heterocycles. The van der Waals surface area contributed by atoms with Crippen LogP contribution in [-0.2, 0) is 23.0 Å². The van der Waals surface area contributed by atoms with Crippen LogP contribution in [0.1, 0.15) is 49.5 Å². The molecule has 8 heteroatoms. The van der Waals surface area contributed by atoms with Gasteiger partial charge >= 0.3 is 0 Å². The van der Waals surface area contributed by atoms with Crippen LogP contribution in [0.25, 0.3) is 0 Å². The topological polar surface area (TPSA) is 76.9 Å². The van der Waals surface area contributed by atoms with E-state index < -0.39 is 10.0 Å². The molecule has 2 bridgehead atoms. The summed E-state index contributed by atoms with van der Waals surface area (Å²) in [6.45, 7) is 0.722. The lowest BCUT2D eigenvalue weighted by molar-refractivity contribution is 0.414. The fourth-order valence-electron chi connectivity index (χ4n) is 4.72. The van der Waals surface area contributed by atoms with E-state index >= 15 is 0 Å². The van der Waals surface area contributed by atoms with E-state index in [1.54, 1.807) is 4.57 Å². The quantitative estimate of drug-likeness (QED) is 0.905. The van der Waals surface area contributed by atoms with Crippen LogP contribution in [0.3, 0.4) is 0 Å². The normalized spacial score (nSPS) is 28.4. The molecule has 5 rings (SSSR count). The van der Waals surface area contributed by atoms with Crippen LogP contribution in [0.2, 0.25) is 0 Å². The van der Waals surface area contributed by atoms with Gasteiger partial charge in [-0.05, 0) is 37.5 Å². The van der Waals surface area contributed by atoms with Gasteiger partial charge in [0.15, 0.2) is 10.2 Å². The second kappa shape index (κ2) is 5.29. The molecule has 1 aliphatic heterocycles. The molecular formula is C16H20N4O2S2. The van der Waals surface area contributed by atoms with Crippen LogP contribution in [0.4, 0.5) is 5.13 Å². The van der Waals surface area contributed by atoms with E-state index in [2.05, 4.69) is 14.7 Å². The van der Waals surface area contributed by atoms with Crippen molar-refractivity contribution >= 4 is 26.5 Å². The maximum absolute atomic E-state index is 12.7. The van der Waals surface area contributed by atoms with Gasteiger partial charge in [0.2, 0.25) is 0 Å². The molecule has 0 radical (unpaired) electrons. The Kier molecular flexibility index (Phi) is 3.28. The minimum absolute atomic E-state index is 0.256. The number of hydrogen-bond acceptors (Lipinski definition) is 5. The van der Waals surface area contributed by atoms with Crippen molar-refractivity contribution in [3.05, 3.63) is 23.1 Å². The van der Waals surface area contributed by atoms with Gasteiger partial charge < -0.3 is 4.57 Å². The Morgan fingerprint density at radius 2 is 2.21 bits per heavy atom. The van der Waals surface area contributed by atoms with Crippen molar-refractivity contribution in [2.45, 2.75) is 56.0 Å². The number of rotatable bonds is 4. The van der Waals surface area contributed by atoms with Gasteiger partial charge in [0.05, 0.1) is 11.9 Å². The maximum Gasteiger partial charge on any atom is 0.280 e. The lowest BCUT2D eigenvalue weighted by Crippen LogP contribution is -2.17. The first-order chi connectivity index (χ1) is 11.6. The van der Waals surface area contributed by atoms with Crippen molar-refractivity contribution in [2.24, 2.45) is 11.8 Å². The highest BCUT2D eigenvalue weighted by atomic mass is 32.2. The van der Waals surface area contributed by atoms with Gasteiger partial charge in [-0.25, -0.2) is 9.97 Å². The number of fused-ring (bicyclic) bond motifs is 3. The van der Waals surface area contributed by atoms with Crippen LogP contribution in [0, 0.1) is 11.8 Å². The van der Waals surface area contributed by atoms with Crippen molar-refractivity contribution in [1.82, 2.24) is 14.5 Å². The molecule has 6 nitrogen and oxygen atoms in total. The summed E-state index contributed by atoms with van der Waals surface area (Å²) in [5.74, 6) is 2.99. The summed E-state index contributed by atoms with van der Waals surface area (Å²) in [6.07, 6.45) is 8.47. The highest BCUT2D eigenvalue weighted by Gasteiger charge is 2.41. The third-order valence-electron chi connectivity index (χ3n) is 5.82. The summed E-state index contributed by atoms with van der Waals surface area (Å²) in [4.78, 5) is 8.82. The van der Waals surface area contributed by atoms with E-state index in [-0.39, 0.29) is 5.03 Å². The van der Waals surface area contributed by atoms with Crippen LogP contribution in [-0.4, -0.2) is 23.0 Å². The van der Waals surface area contributed by atoms with Crippen LogP contribution in [0.15, 0.2) is 16.6 Å². The Labute approximate surface area is 145 Å². The lowest BCUT2D eigenvalue weighted by Gasteiger charge is -2.19. The number of sulfonamides is 1. The van der Waals surface area contributed by atoms with E-state index in [0.29, 0.717) is 11.0 Å². The SMILES string of the molecule is O=S(=O)(Nc1nc(C2CC3CCC2C3)cs1)c1cnc2n1CCC2. The summed E-state index contributed by atoms with van der Waals surface area (Å²) in [6, 6.07) is 0. The zero-order valence-electron chi connectivity index (χ0n) is 13.3. The van der Waals surface area contributed by atoms with Gasteiger partial charge in [-0.15, -0.1) is 11.3 Å². The van der Waals surface area contributed by atoms with Crippen LogP contribution in [0.5, 0.6) is 0 Å². The lowest BCUT2D eigenvalue weighted by atomic mass is 9.87. The molecule has 2 saturated carbocycles. The average molecular weight is 364 g/mol. The largest absolute Gasteiger partial charge is 0.318 e. The first kappa shape index (κ1) is 14.9. The van der Waals surface area contributed by atoms with E-state index in [9.17, 15) is 8.42 Å². The molecule has 3 aliphatic rings. The van der Waals surface area contributed by atoms with Gasteiger partial charge in [-0.2, -0.15) is 8.42 Å². The molecule has 3 atom stereocenters. The van der Waals surface area contributed by atoms with Crippen molar-refractivity contribution in [3.8, 4) is 0 Å². The summed E-state index contributed by atoms with van der Waals surface area (Å²) < 4.78 is 29.8. The molecule has 1 N–H and O–H groups in total. The molecule has 2 aliphatic carbocycles. The van der Waals surface area contributed by atoms with E-state index in [0.717, 1.165) is 42.7 Å². The van der Waals surface area contributed by atoms with Gasteiger partial charge in [0, 0.05) is 24.3 Å². The third kappa shape index (κ3) is 2.30. The smallest absolute Gasteiger partial charge is 0.280 e. The summed E-state index contributed by atoms with van der Waals surface area (Å²) >= 11 is 1.39. The second-order valence-corrected chi connectivity index (χ2v) is 9.72. The highest BCUT2D eigenvalue weighted by molar-refractivity contribution is 7.92. The highest BCUT2D eigenvalue weighted by Crippen LogP contribution is 2.53. The number of aryl methyl sites for hydroxylation is 1. The van der Waals surface area contributed by atoms with Crippen molar-refractivity contribution in [2.75, 3.05) is 4.72 Å². The van der Waals surface area contributed by atoms with Crippen molar-refractivity contribution < 1.29 is 8.42 Å². The number of anilines is 1. The Morgan fingerprint density at radius 3 is 3.00 bits per heavy atom. The molecule has 0 aromatic carbocycles. The van der Waals surface area contributed by atoms with Crippen molar-refractivity contribution in [3.63, 3.8) is 0 Å². The molecule has 0 amide bonds. The first-order valence-electron chi connectivity index (χ1n) is 8.63. The number of imidazole rings is 1. The Morgan fingerprint density at radius 1 is 1.29 bits per heavy atom. The minimum atomic E-state index is -3.62. The van der Waals surface area contributed by atoms with Gasteiger partial charge in [-0.3, -0.25) is 4.72 Å². The zero-order valence-corrected chi connectivity index (χ0v) is 14.9. The molecule has 128 valence electrons. The number of nitrogens with zero attached hydrogens (tertiary/aromatic N) is 3. The molecule has 0 saturated heterocycles. The molecule has 2 fully saturated rings. The monoisotopic (exact) mass is 364 g/mol. The maximum atomic E-state index is 12.7. The number of hydrogen-bond donors (Lipinski definition) is 1. The molecule has 3 unspecified atom stereocenters.